The smallest absolute Gasteiger partial charge is 0.250 e. The Hall–Kier alpha value is -2.73. The molecule has 1 aromatic carbocycles. The van der Waals surface area contributed by atoms with Gasteiger partial charge in [-0.05, 0) is 45.3 Å². The average Bonchev–Trinajstić information content (AvgIpc) is 3.38. The molecular formula is C22H27N5O. The molecule has 28 heavy (non-hydrogen) atoms. The maximum absolute atomic E-state index is 6.41. The molecule has 0 unspecified atom stereocenters. The van der Waals surface area contributed by atoms with Gasteiger partial charge in [0.1, 0.15) is 0 Å². The van der Waals surface area contributed by atoms with E-state index < -0.39 is 5.54 Å². The van der Waals surface area contributed by atoms with Crippen molar-refractivity contribution in [2.75, 3.05) is 0 Å². The lowest BCUT2D eigenvalue weighted by Gasteiger charge is -2.17. The molecule has 6 heteroatoms. The first kappa shape index (κ1) is 18.6. The largest absolute Gasteiger partial charge is 0.335 e. The van der Waals surface area contributed by atoms with E-state index in [0.29, 0.717) is 11.7 Å². The van der Waals surface area contributed by atoms with Crippen LogP contribution in [0.25, 0.3) is 12.2 Å². The summed E-state index contributed by atoms with van der Waals surface area (Å²) in [6.45, 7) is 6.95. The zero-order valence-electron chi connectivity index (χ0n) is 16.8. The Kier molecular flexibility index (Phi) is 4.89. The Morgan fingerprint density at radius 1 is 1.11 bits per heavy atom. The molecule has 0 saturated heterocycles. The van der Waals surface area contributed by atoms with Crippen molar-refractivity contribution >= 4 is 12.2 Å². The highest BCUT2D eigenvalue weighted by molar-refractivity contribution is 5.68. The van der Waals surface area contributed by atoms with Gasteiger partial charge in [-0.1, -0.05) is 47.8 Å². The lowest BCUT2D eigenvalue weighted by atomic mass is 9.99. The van der Waals surface area contributed by atoms with Gasteiger partial charge in [0.15, 0.2) is 5.82 Å². The van der Waals surface area contributed by atoms with Crippen LogP contribution >= 0.6 is 0 Å². The van der Waals surface area contributed by atoms with Crippen molar-refractivity contribution in [3.05, 3.63) is 64.1 Å². The molecule has 2 heterocycles. The van der Waals surface area contributed by atoms with E-state index in [0.717, 1.165) is 49.2 Å². The molecule has 0 atom stereocenters. The van der Waals surface area contributed by atoms with Crippen LogP contribution in [-0.2, 0) is 12.1 Å². The highest BCUT2D eigenvalue weighted by Gasteiger charge is 2.35. The SMILES string of the molecule is Cc1ccc(Cn2nc(C)c(/C=C/c3nc(C4(N)CCCC4)no3)c2C)cc1. The van der Waals surface area contributed by atoms with Crippen molar-refractivity contribution in [1.82, 2.24) is 19.9 Å². The molecule has 0 radical (unpaired) electrons. The maximum atomic E-state index is 6.41. The van der Waals surface area contributed by atoms with Crippen LogP contribution in [0.2, 0.25) is 0 Å². The monoisotopic (exact) mass is 377 g/mol. The summed E-state index contributed by atoms with van der Waals surface area (Å²) in [6.07, 6.45) is 7.92. The third-order valence-electron chi connectivity index (χ3n) is 5.67. The molecule has 1 aliphatic carbocycles. The standard InChI is InChI=1S/C22H27N5O/c1-15-6-8-18(9-7-15)14-27-17(3)19(16(2)25-27)10-11-20-24-21(26-28-20)22(23)12-4-5-13-22/h6-11H,4-5,12-14,23H2,1-3H3/b11-10+. The van der Waals surface area contributed by atoms with Crippen LogP contribution in [0.3, 0.4) is 0 Å². The Balaban J connectivity index is 1.53. The Bertz CT molecular complexity index is 991. The van der Waals surface area contributed by atoms with E-state index in [9.17, 15) is 0 Å². The van der Waals surface area contributed by atoms with Crippen molar-refractivity contribution in [2.45, 2.75) is 58.5 Å². The lowest BCUT2D eigenvalue weighted by molar-refractivity contribution is 0.364. The fourth-order valence-corrected chi connectivity index (χ4v) is 3.86. The molecule has 2 aromatic heterocycles. The zero-order valence-corrected chi connectivity index (χ0v) is 16.8. The minimum absolute atomic E-state index is 0.430. The molecule has 4 rings (SSSR count). The third kappa shape index (κ3) is 3.64. The van der Waals surface area contributed by atoms with Crippen molar-refractivity contribution in [1.29, 1.82) is 0 Å². The fraction of sp³-hybridized carbons (Fsp3) is 0.409. The summed E-state index contributed by atoms with van der Waals surface area (Å²) in [5, 5.41) is 8.81. The molecule has 2 N–H and O–H groups in total. The highest BCUT2D eigenvalue weighted by Crippen LogP contribution is 2.34. The third-order valence-corrected chi connectivity index (χ3v) is 5.67. The minimum atomic E-state index is -0.430. The molecule has 0 amide bonds. The number of aromatic nitrogens is 4. The van der Waals surface area contributed by atoms with Gasteiger partial charge in [0, 0.05) is 17.3 Å². The van der Waals surface area contributed by atoms with Gasteiger partial charge in [-0.25, -0.2) is 0 Å². The second-order valence-electron chi connectivity index (χ2n) is 7.88. The van der Waals surface area contributed by atoms with Crippen molar-refractivity contribution < 1.29 is 4.52 Å². The van der Waals surface area contributed by atoms with Gasteiger partial charge in [-0.3, -0.25) is 4.68 Å². The van der Waals surface area contributed by atoms with Gasteiger partial charge in [-0.15, -0.1) is 0 Å². The summed E-state index contributed by atoms with van der Waals surface area (Å²) >= 11 is 0. The molecular weight excluding hydrogens is 350 g/mol. The fourth-order valence-electron chi connectivity index (χ4n) is 3.86. The second kappa shape index (κ2) is 7.36. The van der Waals surface area contributed by atoms with Crippen molar-refractivity contribution in [3.8, 4) is 0 Å². The number of hydrogen-bond acceptors (Lipinski definition) is 5. The molecule has 0 bridgehead atoms. The van der Waals surface area contributed by atoms with E-state index in [-0.39, 0.29) is 0 Å². The molecule has 0 spiro atoms. The normalized spacial score (nSPS) is 16.3. The molecule has 1 aliphatic rings. The number of rotatable bonds is 5. The van der Waals surface area contributed by atoms with E-state index in [1.807, 2.05) is 23.8 Å². The lowest BCUT2D eigenvalue weighted by Crippen LogP contribution is -2.34. The summed E-state index contributed by atoms with van der Waals surface area (Å²) in [7, 11) is 0. The van der Waals surface area contributed by atoms with Crippen LogP contribution in [0, 0.1) is 20.8 Å². The van der Waals surface area contributed by atoms with Gasteiger partial charge < -0.3 is 10.3 Å². The Morgan fingerprint density at radius 2 is 1.82 bits per heavy atom. The number of aryl methyl sites for hydroxylation is 2. The Labute approximate surface area is 165 Å². The van der Waals surface area contributed by atoms with Crippen LogP contribution in [-0.4, -0.2) is 19.9 Å². The van der Waals surface area contributed by atoms with Crippen LogP contribution in [0.5, 0.6) is 0 Å². The van der Waals surface area contributed by atoms with Gasteiger partial charge in [0.2, 0.25) is 0 Å². The summed E-state index contributed by atoms with van der Waals surface area (Å²) in [4.78, 5) is 4.50. The second-order valence-corrected chi connectivity index (χ2v) is 7.88. The molecule has 0 aliphatic heterocycles. The Morgan fingerprint density at radius 3 is 2.54 bits per heavy atom. The minimum Gasteiger partial charge on any atom is -0.335 e. The summed E-state index contributed by atoms with van der Waals surface area (Å²) < 4.78 is 7.44. The topological polar surface area (TPSA) is 82.8 Å². The van der Waals surface area contributed by atoms with Gasteiger partial charge in [0.25, 0.3) is 5.89 Å². The maximum Gasteiger partial charge on any atom is 0.250 e. The molecule has 1 saturated carbocycles. The van der Waals surface area contributed by atoms with E-state index in [4.69, 9.17) is 15.4 Å². The summed E-state index contributed by atoms with van der Waals surface area (Å²) in [5.41, 5.74) is 11.6. The predicted molar refractivity (Wildman–Crippen MR) is 110 cm³/mol. The number of hydrogen-bond donors (Lipinski definition) is 1. The van der Waals surface area contributed by atoms with Gasteiger partial charge >= 0.3 is 0 Å². The average molecular weight is 377 g/mol. The quantitative estimate of drug-likeness (QED) is 0.722. The van der Waals surface area contributed by atoms with Gasteiger partial charge in [0.05, 0.1) is 17.8 Å². The molecule has 146 valence electrons. The highest BCUT2D eigenvalue weighted by atomic mass is 16.5. The van der Waals surface area contributed by atoms with Crippen molar-refractivity contribution in [3.63, 3.8) is 0 Å². The summed E-state index contributed by atoms with van der Waals surface area (Å²) in [5.74, 6) is 1.10. The molecule has 6 nitrogen and oxygen atoms in total. The van der Waals surface area contributed by atoms with E-state index in [1.54, 1.807) is 0 Å². The van der Waals surface area contributed by atoms with Crippen LogP contribution < -0.4 is 5.73 Å². The van der Waals surface area contributed by atoms with E-state index in [2.05, 4.69) is 48.3 Å². The van der Waals surface area contributed by atoms with Crippen LogP contribution in [0.15, 0.2) is 28.8 Å². The number of benzene rings is 1. The van der Waals surface area contributed by atoms with Crippen LogP contribution in [0.4, 0.5) is 0 Å². The number of nitrogens with zero attached hydrogens (tertiary/aromatic N) is 4. The first-order valence-electron chi connectivity index (χ1n) is 9.85. The van der Waals surface area contributed by atoms with E-state index >= 15 is 0 Å². The number of nitrogens with two attached hydrogens (primary N) is 1. The van der Waals surface area contributed by atoms with Crippen molar-refractivity contribution in [2.24, 2.45) is 5.73 Å². The van der Waals surface area contributed by atoms with E-state index in [1.165, 1.54) is 11.1 Å². The predicted octanol–water partition coefficient (Wildman–Crippen LogP) is 4.14. The van der Waals surface area contributed by atoms with Crippen LogP contribution in [0.1, 0.15) is 65.5 Å². The van der Waals surface area contributed by atoms with Gasteiger partial charge in [-0.2, -0.15) is 10.1 Å². The first-order valence-corrected chi connectivity index (χ1v) is 9.85. The zero-order chi connectivity index (χ0) is 19.7. The summed E-state index contributed by atoms with van der Waals surface area (Å²) in [6, 6.07) is 8.55. The first-order chi connectivity index (χ1) is 13.4. The molecule has 3 aromatic rings. The molecule has 1 fully saturated rings.